The SMILES string of the molecule is Cc1cc(C)c(NC(=O)NNC(=O)CC2=CCN(c3ccc(N=O)cc3)CC2)c(C)c1. The molecule has 0 fully saturated rings. The Bertz CT molecular complexity index is 991. The van der Waals surface area contributed by atoms with Crippen LogP contribution in [0.3, 0.4) is 0 Å². The van der Waals surface area contributed by atoms with Crippen LogP contribution in [0.15, 0.2) is 53.2 Å². The van der Waals surface area contributed by atoms with Crippen molar-refractivity contribution in [3.63, 3.8) is 0 Å². The number of nitrogens with one attached hydrogen (secondary N) is 3. The van der Waals surface area contributed by atoms with E-state index in [1.807, 2.05) is 51.1 Å². The average Bonchev–Trinajstić information content (AvgIpc) is 2.75. The van der Waals surface area contributed by atoms with Crippen molar-refractivity contribution in [1.29, 1.82) is 0 Å². The van der Waals surface area contributed by atoms with E-state index < -0.39 is 6.03 Å². The lowest BCUT2D eigenvalue weighted by molar-refractivity contribution is -0.121. The lowest BCUT2D eigenvalue weighted by Crippen LogP contribution is -2.44. The molecule has 3 rings (SSSR count). The minimum atomic E-state index is -0.486. The van der Waals surface area contributed by atoms with Gasteiger partial charge < -0.3 is 10.2 Å². The van der Waals surface area contributed by atoms with Crippen molar-refractivity contribution in [2.45, 2.75) is 33.6 Å². The Balaban J connectivity index is 1.46. The lowest BCUT2D eigenvalue weighted by Gasteiger charge is -2.28. The first kappa shape index (κ1) is 22.0. The second-order valence-electron chi connectivity index (χ2n) is 7.74. The van der Waals surface area contributed by atoms with E-state index in [9.17, 15) is 14.5 Å². The number of carbonyl (C=O) groups is 2. The van der Waals surface area contributed by atoms with Gasteiger partial charge in [-0.25, -0.2) is 10.2 Å². The van der Waals surface area contributed by atoms with Gasteiger partial charge in [0.15, 0.2) is 0 Å². The number of carbonyl (C=O) groups excluding carboxylic acids is 2. The van der Waals surface area contributed by atoms with Crippen molar-refractivity contribution in [2.24, 2.45) is 5.18 Å². The molecule has 8 nitrogen and oxygen atoms in total. The van der Waals surface area contributed by atoms with Gasteiger partial charge in [-0.2, -0.15) is 0 Å². The first-order valence-corrected chi connectivity index (χ1v) is 10.2. The number of nitroso groups, excluding NO2 is 1. The number of nitrogens with zero attached hydrogens (tertiary/aromatic N) is 2. The van der Waals surface area contributed by atoms with Crippen LogP contribution in [0.1, 0.15) is 29.5 Å². The molecule has 0 bridgehead atoms. The van der Waals surface area contributed by atoms with Gasteiger partial charge in [0.2, 0.25) is 5.91 Å². The van der Waals surface area contributed by atoms with Crippen LogP contribution in [0, 0.1) is 25.7 Å². The average molecular weight is 422 g/mol. The first-order chi connectivity index (χ1) is 14.9. The second-order valence-corrected chi connectivity index (χ2v) is 7.74. The molecule has 3 N–H and O–H groups in total. The summed E-state index contributed by atoms with van der Waals surface area (Å²) in [6.45, 7) is 7.31. The monoisotopic (exact) mass is 421 g/mol. The number of hydrazine groups is 1. The fraction of sp³-hybridized carbons (Fsp3) is 0.304. The molecule has 31 heavy (non-hydrogen) atoms. The van der Waals surface area contributed by atoms with Crippen molar-refractivity contribution in [3.05, 3.63) is 69.6 Å². The van der Waals surface area contributed by atoms with Crippen molar-refractivity contribution in [2.75, 3.05) is 23.3 Å². The number of rotatable bonds is 5. The van der Waals surface area contributed by atoms with Crippen LogP contribution >= 0.6 is 0 Å². The summed E-state index contributed by atoms with van der Waals surface area (Å²) in [5, 5.41) is 5.69. The highest BCUT2D eigenvalue weighted by Gasteiger charge is 2.15. The Morgan fingerprint density at radius 3 is 2.29 bits per heavy atom. The van der Waals surface area contributed by atoms with Gasteiger partial charge in [-0.3, -0.25) is 10.2 Å². The van der Waals surface area contributed by atoms with Crippen LogP contribution < -0.4 is 21.1 Å². The zero-order valence-electron chi connectivity index (χ0n) is 18.0. The molecule has 2 aromatic rings. The van der Waals surface area contributed by atoms with E-state index in [1.165, 1.54) is 0 Å². The number of urea groups is 1. The molecule has 0 unspecified atom stereocenters. The molecule has 0 saturated carbocycles. The predicted octanol–water partition coefficient (Wildman–Crippen LogP) is 4.39. The third-order valence-corrected chi connectivity index (χ3v) is 5.24. The summed E-state index contributed by atoms with van der Waals surface area (Å²) in [6.07, 6.45) is 2.99. The number of aryl methyl sites for hydroxylation is 3. The molecular weight excluding hydrogens is 394 g/mol. The van der Waals surface area contributed by atoms with Crippen molar-refractivity contribution >= 4 is 29.0 Å². The molecule has 0 saturated heterocycles. The normalized spacial score (nSPS) is 13.3. The first-order valence-electron chi connectivity index (χ1n) is 10.2. The van der Waals surface area contributed by atoms with E-state index >= 15 is 0 Å². The summed E-state index contributed by atoms with van der Waals surface area (Å²) >= 11 is 0. The van der Waals surface area contributed by atoms with E-state index in [2.05, 4.69) is 26.2 Å². The van der Waals surface area contributed by atoms with Crippen LogP contribution in [-0.4, -0.2) is 25.0 Å². The molecule has 0 aliphatic carbocycles. The van der Waals surface area contributed by atoms with E-state index in [0.29, 0.717) is 12.2 Å². The van der Waals surface area contributed by atoms with Crippen LogP contribution in [0.5, 0.6) is 0 Å². The Morgan fingerprint density at radius 2 is 1.71 bits per heavy atom. The quantitative estimate of drug-likeness (QED) is 0.378. The lowest BCUT2D eigenvalue weighted by atomic mass is 10.0. The van der Waals surface area contributed by atoms with Gasteiger partial charge in [-0.1, -0.05) is 29.3 Å². The fourth-order valence-corrected chi connectivity index (χ4v) is 3.73. The Kier molecular flexibility index (Phi) is 7.02. The highest BCUT2D eigenvalue weighted by Crippen LogP contribution is 2.24. The predicted molar refractivity (Wildman–Crippen MR) is 122 cm³/mol. The number of anilines is 2. The standard InChI is InChI=1S/C23H27N5O3/c1-15-12-16(2)22(17(3)13-15)24-23(30)26-25-21(29)14-18-8-10-28(11-9-18)20-6-4-19(27-31)5-7-20/h4-8,12-13H,9-11,14H2,1-3H3,(H,25,29)(H2,24,26,30). The molecule has 0 radical (unpaired) electrons. The van der Waals surface area contributed by atoms with Gasteiger partial charge in [0.05, 0.1) is 0 Å². The Morgan fingerprint density at radius 1 is 1.03 bits per heavy atom. The molecule has 0 atom stereocenters. The summed E-state index contributed by atoms with van der Waals surface area (Å²) in [6, 6.07) is 10.6. The topological polar surface area (TPSA) is 103 Å². The molecule has 3 amide bonds. The summed E-state index contributed by atoms with van der Waals surface area (Å²) in [5.41, 5.74) is 11.1. The highest BCUT2D eigenvalue weighted by atomic mass is 16.3. The maximum atomic E-state index is 12.2. The van der Waals surface area contributed by atoms with E-state index in [-0.39, 0.29) is 12.3 Å². The van der Waals surface area contributed by atoms with E-state index in [4.69, 9.17) is 0 Å². The molecule has 8 heteroatoms. The molecular formula is C23H27N5O3. The third-order valence-electron chi connectivity index (χ3n) is 5.24. The summed E-state index contributed by atoms with van der Waals surface area (Å²) in [7, 11) is 0. The van der Waals surface area contributed by atoms with Gasteiger partial charge in [0.1, 0.15) is 5.69 Å². The van der Waals surface area contributed by atoms with Gasteiger partial charge in [-0.05, 0) is 67.8 Å². The maximum Gasteiger partial charge on any atom is 0.337 e. The van der Waals surface area contributed by atoms with Crippen molar-refractivity contribution < 1.29 is 9.59 Å². The number of hydrogen-bond acceptors (Lipinski definition) is 5. The van der Waals surface area contributed by atoms with E-state index in [1.54, 1.807) is 12.1 Å². The van der Waals surface area contributed by atoms with E-state index in [0.717, 1.165) is 46.6 Å². The minimum Gasteiger partial charge on any atom is -0.367 e. The molecule has 162 valence electrons. The van der Waals surface area contributed by atoms with Gasteiger partial charge in [-0.15, -0.1) is 4.91 Å². The second kappa shape index (κ2) is 9.88. The zero-order valence-corrected chi connectivity index (χ0v) is 18.0. The van der Waals surface area contributed by atoms with Crippen molar-refractivity contribution in [1.82, 2.24) is 10.9 Å². The van der Waals surface area contributed by atoms with Crippen LogP contribution in [0.2, 0.25) is 0 Å². The molecule has 1 aliphatic heterocycles. The minimum absolute atomic E-state index is 0.227. The van der Waals surface area contributed by atoms with Gasteiger partial charge in [0, 0.05) is 30.9 Å². The number of amides is 3. The summed E-state index contributed by atoms with van der Waals surface area (Å²) in [5.74, 6) is -0.270. The summed E-state index contributed by atoms with van der Waals surface area (Å²) in [4.78, 5) is 37.1. The molecule has 0 spiro atoms. The van der Waals surface area contributed by atoms with Gasteiger partial charge >= 0.3 is 6.03 Å². The van der Waals surface area contributed by atoms with Crippen LogP contribution in [0.4, 0.5) is 21.9 Å². The Hall–Kier alpha value is -3.68. The zero-order chi connectivity index (χ0) is 22.4. The van der Waals surface area contributed by atoms with Crippen molar-refractivity contribution in [3.8, 4) is 0 Å². The largest absolute Gasteiger partial charge is 0.367 e. The van der Waals surface area contributed by atoms with Gasteiger partial charge in [0.25, 0.3) is 0 Å². The molecule has 2 aromatic carbocycles. The summed E-state index contributed by atoms with van der Waals surface area (Å²) < 4.78 is 0. The maximum absolute atomic E-state index is 12.2. The number of benzene rings is 2. The van der Waals surface area contributed by atoms with Crippen LogP contribution in [-0.2, 0) is 4.79 Å². The molecule has 0 aromatic heterocycles. The smallest absolute Gasteiger partial charge is 0.337 e. The van der Waals surface area contributed by atoms with Crippen LogP contribution in [0.25, 0.3) is 0 Å². The highest BCUT2D eigenvalue weighted by molar-refractivity contribution is 5.92. The third kappa shape index (κ3) is 5.91. The molecule has 1 aliphatic rings. The Labute approximate surface area is 181 Å². The number of hydrogen-bond donors (Lipinski definition) is 3. The fourth-order valence-electron chi connectivity index (χ4n) is 3.73. The molecule has 1 heterocycles.